The quantitative estimate of drug-likeness (QED) is 0.853. The number of hydrogen-bond acceptors (Lipinski definition) is 4. The van der Waals surface area contributed by atoms with E-state index in [2.05, 4.69) is 0 Å². The van der Waals surface area contributed by atoms with Crippen LogP contribution in [0.4, 0.5) is 0 Å². The number of ketones is 2. The third kappa shape index (κ3) is 1.37. The van der Waals surface area contributed by atoms with Gasteiger partial charge in [0.2, 0.25) is 11.6 Å². The Bertz CT molecular complexity index is 593. The molecule has 0 unspecified atom stereocenters. The van der Waals surface area contributed by atoms with Crippen molar-refractivity contribution in [3.05, 3.63) is 33.8 Å². The van der Waals surface area contributed by atoms with Crippen LogP contribution in [-0.2, 0) is 18.4 Å². The van der Waals surface area contributed by atoms with Gasteiger partial charge in [-0.1, -0.05) is 0 Å². The molecule has 1 heterocycles. The zero-order valence-corrected chi connectivity index (χ0v) is 10.8. The van der Waals surface area contributed by atoms with E-state index < -0.39 is 0 Å². The molecule has 1 aliphatic rings. The highest BCUT2D eigenvalue weighted by atomic mass is 16.5. The van der Waals surface area contributed by atoms with E-state index in [0.717, 1.165) is 0 Å². The van der Waals surface area contributed by atoms with Crippen LogP contribution in [-0.4, -0.2) is 28.3 Å². The summed E-state index contributed by atoms with van der Waals surface area (Å²) in [5.74, 6) is -0.435. The largest absolute Gasteiger partial charge is 0.492 e. The van der Waals surface area contributed by atoms with Crippen LogP contribution in [0.1, 0.15) is 39.0 Å². The molecule has 0 saturated carbocycles. The number of aromatic nitrogens is 1. The number of hydrogen-bond donors (Lipinski definition) is 1. The molecule has 0 fully saturated rings. The molecular formula is C13H15NO4. The molecule has 0 aliphatic heterocycles. The lowest BCUT2D eigenvalue weighted by Gasteiger charge is -2.16. The number of ether oxygens (including phenoxy) is 1. The van der Waals surface area contributed by atoms with Crippen molar-refractivity contribution in [3.8, 4) is 0 Å². The van der Waals surface area contributed by atoms with Gasteiger partial charge in [0.1, 0.15) is 5.69 Å². The lowest BCUT2D eigenvalue weighted by molar-refractivity contribution is 0.0902. The third-order valence-electron chi connectivity index (χ3n) is 3.47. The minimum atomic E-state index is -0.294. The Morgan fingerprint density at radius 1 is 1.22 bits per heavy atom. The van der Waals surface area contributed by atoms with Gasteiger partial charge in [-0.25, -0.2) is 0 Å². The van der Waals surface area contributed by atoms with Crippen molar-refractivity contribution in [2.45, 2.75) is 20.5 Å². The van der Waals surface area contributed by atoms with Gasteiger partial charge in [0.15, 0.2) is 5.76 Å². The highest BCUT2D eigenvalue weighted by Gasteiger charge is 2.36. The second-order valence-electron chi connectivity index (χ2n) is 4.33. The molecule has 1 aromatic rings. The zero-order chi connectivity index (χ0) is 13.6. The molecule has 5 nitrogen and oxygen atoms in total. The molecule has 1 aliphatic carbocycles. The molecule has 0 amide bonds. The average molecular weight is 249 g/mol. The number of carbonyl (C=O) groups is 2. The van der Waals surface area contributed by atoms with Crippen LogP contribution in [0.25, 0.3) is 0 Å². The van der Waals surface area contributed by atoms with E-state index in [-0.39, 0.29) is 23.9 Å². The number of methoxy groups -OCH3 is 1. The fraction of sp³-hybridized carbons (Fsp3) is 0.385. The van der Waals surface area contributed by atoms with Crippen LogP contribution in [0.3, 0.4) is 0 Å². The van der Waals surface area contributed by atoms with Crippen LogP contribution < -0.4 is 0 Å². The third-order valence-corrected chi connectivity index (χ3v) is 3.47. The van der Waals surface area contributed by atoms with E-state index >= 15 is 0 Å². The smallest absolute Gasteiger partial charge is 0.230 e. The van der Waals surface area contributed by atoms with E-state index in [1.165, 1.54) is 7.11 Å². The van der Waals surface area contributed by atoms with Crippen molar-refractivity contribution in [1.29, 1.82) is 0 Å². The summed E-state index contributed by atoms with van der Waals surface area (Å²) >= 11 is 0. The highest BCUT2D eigenvalue weighted by Crippen LogP contribution is 2.32. The van der Waals surface area contributed by atoms with Crippen LogP contribution in [0, 0.1) is 6.92 Å². The van der Waals surface area contributed by atoms with Crippen LogP contribution in [0.5, 0.6) is 0 Å². The van der Waals surface area contributed by atoms with Crippen molar-refractivity contribution in [2.24, 2.45) is 7.05 Å². The molecule has 0 bridgehead atoms. The molecule has 5 heteroatoms. The van der Waals surface area contributed by atoms with Crippen molar-refractivity contribution >= 4 is 11.6 Å². The normalized spacial score (nSPS) is 15.2. The maximum atomic E-state index is 12.3. The van der Waals surface area contributed by atoms with E-state index in [0.29, 0.717) is 28.1 Å². The Hall–Kier alpha value is -1.88. The molecule has 96 valence electrons. The average Bonchev–Trinajstić information content (AvgIpc) is 2.59. The number of carbonyl (C=O) groups excluding carboxylic acids is 2. The number of fused-ring (bicyclic) bond motifs is 1. The molecule has 1 N–H and O–H groups in total. The number of aliphatic hydroxyl groups excluding tert-OH is 1. The van der Waals surface area contributed by atoms with Crippen molar-refractivity contribution in [2.75, 3.05) is 7.11 Å². The molecule has 1 aromatic heterocycles. The van der Waals surface area contributed by atoms with E-state index in [1.54, 1.807) is 25.5 Å². The first kappa shape index (κ1) is 12.6. The summed E-state index contributed by atoms with van der Waals surface area (Å²) in [7, 11) is 3.05. The summed E-state index contributed by atoms with van der Waals surface area (Å²) in [5.41, 5.74) is 2.19. The Morgan fingerprint density at radius 2 is 1.83 bits per heavy atom. The summed E-state index contributed by atoms with van der Waals surface area (Å²) in [6.45, 7) is 3.09. The second kappa shape index (κ2) is 4.10. The minimum Gasteiger partial charge on any atom is -0.492 e. The molecule has 0 spiro atoms. The lowest BCUT2D eigenvalue weighted by Crippen LogP contribution is -2.23. The Labute approximate surface area is 105 Å². The topological polar surface area (TPSA) is 68.5 Å². The van der Waals surface area contributed by atoms with E-state index in [9.17, 15) is 14.7 Å². The van der Waals surface area contributed by atoms with Crippen LogP contribution in [0.2, 0.25) is 0 Å². The van der Waals surface area contributed by atoms with Gasteiger partial charge in [-0.3, -0.25) is 9.59 Å². The predicted molar refractivity (Wildman–Crippen MR) is 64.4 cm³/mol. The van der Waals surface area contributed by atoms with Gasteiger partial charge in [-0.05, 0) is 19.4 Å². The first-order chi connectivity index (χ1) is 8.45. The fourth-order valence-electron chi connectivity index (χ4n) is 2.45. The summed E-state index contributed by atoms with van der Waals surface area (Å²) < 4.78 is 6.60. The molecule has 0 radical (unpaired) electrons. The van der Waals surface area contributed by atoms with Gasteiger partial charge in [0.25, 0.3) is 0 Å². The monoisotopic (exact) mass is 249 g/mol. The van der Waals surface area contributed by atoms with E-state index in [1.807, 2.05) is 0 Å². The lowest BCUT2D eigenvalue weighted by atomic mass is 9.92. The Kier molecular flexibility index (Phi) is 2.86. The van der Waals surface area contributed by atoms with E-state index in [4.69, 9.17) is 4.74 Å². The Morgan fingerprint density at radius 3 is 2.33 bits per heavy atom. The molecular weight excluding hydrogens is 234 g/mol. The summed E-state index contributed by atoms with van der Waals surface area (Å²) in [5, 5.41) is 9.32. The Balaban J connectivity index is 2.80. The second-order valence-corrected chi connectivity index (χ2v) is 4.33. The van der Waals surface area contributed by atoms with Crippen LogP contribution in [0.15, 0.2) is 11.3 Å². The van der Waals surface area contributed by atoms with Gasteiger partial charge in [-0.2, -0.15) is 0 Å². The highest BCUT2D eigenvalue weighted by molar-refractivity contribution is 6.26. The van der Waals surface area contributed by atoms with Gasteiger partial charge in [0, 0.05) is 18.3 Å². The fourth-order valence-corrected chi connectivity index (χ4v) is 2.45. The number of nitrogens with zero attached hydrogens (tertiary/aromatic N) is 1. The zero-order valence-electron chi connectivity index (χ0n) is 10.8. The number of allylic oxidation sites excluding steroid dienone is 2. The maximum Gasteiger partial charge on any atom is 0.230 e. The minimum absolute atomic E-state index is 0.0886. The molecule has 0 saturated heterocycles. The first-order valence-electron chi connectivity index (χ1n) is 5.58. The van der Waals surface area contributed by atoms with Crippen molar-refractivity contribution < 1.29 is 19.4 Å². The van der Waals surface area contributed by atoms with Crippen molar-refractivity contribution in [1.82, 2.24) is 4.57 Å². The molecule has 2 rings (SSSR count). The number of Topliss-reactive ketones (excluding diaryl/α,β-unsaturated/α-hetero) is 2. The molecule has 18 heavy (non-hydrogen) atoms. The molecule has 0 aromatic carbocycles. The standard InChI is InChI=1S/C13H15NO4/c1-6-8(5-15)14(3)10-9(6)12(17)13(18-4)7(2)11(10)16/h15H,5H2,1-4H3. The SMILES string of the molecule is COC1=C(C)C(=O)c2c(c(C)c(CO)n2C)C1=O. The number of aliphatic hydroxyl groups is 1. The first-order valence-corrected chi connectivity index (χ1v) is 5.58. The van der Waals surface area contributed by atoms with Gasteiger partial charge in [-0.15, -0.1) is 0 Å². The molecule has 0 atom stereocenters. The maximum absolute atomic E-state index is 12.3. The van der Waals surface area contributed by atoms with Gasteiger partial charge in [0.05, 0.1) is 19.3 Å². The van der Waals surface area contributed by atoms with Gasteiger partial charge >= 0.3 is 0 Å². The van der Waals surface area contributed by atoms with Crippen molar-refractivity contribution in [3.63, 3.8) is 0 Å². The summed E-state index contributed by atoms with van der Waals surface area (Å²) in [6, 6.07) is 0. The summed E-state index contributed by atoms with van der Waals surface area (Å²) in [4.78, 5) is 24.5. The number of rotatable bonds is 2. The predicted octanol–water partition coefficient (Wildman–Crippen LogP) is 1.13. The summed E-state index contributed by atoms with van der Waals surface area (Å²) in [6.07, 6.45) is 0. The van der Waals surface area contributed by atoms with Crippen LogP contribution >= 0.6 is 0 Å². The van der Waals surface area contributed by atoms with Gasteiger partial charge < -0.3 is 14.4 Å².